The summed E-state index contributed by atoms with van der Waals surface area (Å²) in [5.74, 6) is 0.375. The minimum absolute atomic E-state index is 0.0157. The number of anilines is 1. The van der Waals surface area contributed by atoms with Crippen LogP contribution in [0.1, 0.15) is 56.1 Å². The van der Waals surface area contributed by atoms with E-state index in [4.69, 9.17) is 9.26 Å². The van der Waals surface area contributed by atoms with Crippen molar-refractivity contribution < 1.29 is 31.7 Å². The number of nitrogens with zero attached hydrogens (tertiary/aromatic N) is 2. The first kappa shape index (κ1) is 33.0. The number of rotatable bonds is 13. The number of benzene rings is 2. The Morgan fingerprint density at radius 1 is 1.10 bits per heavy atom. The van der Waals surface area contributed by atoms with Gasteiger partial charge in [-0.2, -0.15) is 0 Å². The lowest BCUT2D eigenvalue weighted by molar-refractivity contribution is -0.868. The van der Waals surface area contributed by atoms with Crippen molar-refractivity contribution in [3.63, 3.8) is 0 Å². The van der Waals surface area contributed by atoms with Crippen LogP contribution in [0, 0.1) is 19.8 Å². The van der Waals surface area contributed by atoms with Gasteiger partial charge in [-0.3, -0.25) is 9.52 Å². The molecule has 2 amide bonds. The summed E-state index contributed by atoms with van der Waals surface area (Å²) in [4.78, 5) is 26.6. The van der Waals surface area contributed by atoms with Crippen molar-refractivity contribution in [1.29, 1.82) is 0 Å². The molecule has 1 unspecified atom stereocenters. The van der Waals surface area contributed by atoms with E-state index in [1.54, 1.807) is 52.3 Å². The molecule has 3 rings (SSSR count). The zero-order valence-corrected chi connectivity index (χ0v) is 26.6. The molecule has 1 aromatic heterocycles. The summed E-state index contributed by atoms with van der Waals surface area (Å²) in [5, 5.41) is 6.59. The third-order valence-corrected chi connectivity index (χ3v) is 9.03. The molecule has 0 aliphatic carbocycles. The van der Waals surface area contributed by atoms with Crippen molar-refractivity contribution in [3.05, 3.63) is 64.9 Å². The van der Waals surface area contributed by atoms with Crippen molar-refractivity contribution in [3.8, 4) is 11.1 Å². The van der Waals surface area contributed by atoms with E-state index in [1.807, 2.05) is 46.0 Å². The summed E-state index contributed by atoms with van der Waals surface area (Å²) < 4.78 is 40.2. The lowest BCUT2D eigenvalue weighted by Gasteiger charge is -2.40. The van der Waals surface area contributed by atoms with Gasteiger partial charge in [0, 0.05) is 36.8 Å². The molecule has 1 heterocycles. The van der Waals surface area contributed by atoms with Crippen LogP contribution in [-0.2, 0) is 37.5 Å². The highest BCUT2D eigenvalue weighted by atomic mass is 32.2. The molecule has 10 nitrogen and oxygen atoms in total. The number of hydrogen-bond donors (Lipinski definition) is 2. The van der Waals surface area contributed by atoms with Gasteiger partial charge in [0.1, 0.15) is 12.3 Å². The van der Waals surface area contributed by atoms with Gasteiger partial charge in [0.15, 0.2) is 11.9 Å². The van der Waals surface area contributed by atoms with Gasteiger partial charge < -0.3 is 14.6 Å². The van der Waals surface area contributed by atoms with Crippen LogP contribution in [0.4, 0.5) is 5.82 Å². The fourth-order valence-electron chi connectivity index (χ4n) is 5.46. The van der Waals surface area contributed by atoms with Gasteiger partial charge in [0.25, 0.3) is 15.9 Å². The molecule has 42 heavy (non-hydrogen) atoms. The monoisotopic (exact) mass is 599 g/mol. The van der Waals surface area contributed by atoms with Crippen LogP contribution < -0.4 is 10.0 Å². The molecule has 0 saturated heterocycles. The Balaban J connectivity index is 2.11. The molecule has 11 heteroatoms. The van der Waals surface area contributed by atoms with Gasteiger partial charge in [-0.05, 0) is 43.5 Å². The first-order valence-electron chi connectivity index (χ1n) is 14.1. The molecule has 0 saturated carbocycles. The van der Waals surface area contributed by atoms with Crippen LogP contribution in [0.25, 0.3) is 11.1 Å². The van der Waals surface area contributed by atoms with Gasteiger partial charge >= 0.3 is 5.91 Å². The molecule has 0 fully saturated rings. The number of ether oxygens (including phenoxy) is 1. The number of nitrogens with one attached hydrogen (secondary N) is 2. The van der Waals surface area contributed by atoms with Crippen molar-refractivity contribution in [2.75, 3.05) is 25.9 Å². The molecule has 2 N–H and O–H groups in total. The summed E-state index contributed by atoms with van der Waals surface area (Å²) in [7, 11) is 0.952. The lowest BCUT2D eigenvalue weighted by Crippen LogP contribution is -2.62. The number of sulfonamides is 1. The number of carbonyl (C=O) groups excluding carboxylic acids is 2. The third-order valence-electron chi connectivity index (χ3n) is 7.63. The smallest absolute Gasteiger partial charge is 0.314 e. The first-order chi connectivity index (χ1) is 19.8. The van der Waals surface area contributed by atoms with Crippen LogP contribution in [0.5, 0.6) is 0 Å². The fraction of sp³-hybridized carbons (Fsp3) is 0.452. The van der Waals surface area contributed by atoms with E-state index in [-0.39, 0.29) is 39.5 Å². The van der Waals surface area contributed by atoms with Crippen LogP contribution >= 0.6 is 0 Å². The van der Waals surface area contributed by atoms with Crippen molar-refractivity contribution in [1.82, 2.24) is 10.5 Å². The predicted octanol–water partition coefficient (Wildman–Crippen LogP) is 4.95. The van der Waals surface area contributed by atoms with E-state index >= 15 is 0 Å². The molecule has 0 aliphatic heterocycles. The summed E-state index contributed by atoms with van der Waals surface area (Å²) in [6, 6.07) is 11.8. The quantitative estimate of drug-likeness (QED) is 0.266. The van der Waals surface area contributed by atoms with Crippen LogP contribution in [0.2, 0.25) is 0 Å². The fourth-order valence-corrected chi connectivity index (χ4v) is 6.74. The number of amides is 2. The minimum atomic E-state index is -4.03. The van der Waals surface area contributed by atoms with Crippen molar-refractivity contribution >= 4 is 27.7 Å². The van der Waals surface area contributed by atoms with Crippen molar-refractivity contribution in [2.24, 2.45) is 5.92 Å². The van der Waals surface area contributed by atoms with Gasteiger partial charge in [-0.25, -0.2) is 17.7 Å². The SMILES string of the molecule is CCCC(=O)[N+](C)(Cc1ccc(-c2ccccc2S(=O)(=O)Nc2noc(C)c2C)c(COC)c1)[C@H](C(=O)NC)C(C)C. The number of aromatic nitrogens is 1. The Kier molecular flexibility index (Phi) is 10.7. The molecule has 3 aromatic rings. The Morgan fingerprint density at radius 2 is 1.79 bits per heavy atom. The van der Waals surface area contributed by atoms with Gasteiger partial charge in [-0.1, -0.05) is 56.3 Å². The molecule has 0 aliphatic rings. The molecule has 0 bridgehead atoms. The van der Waals surface area contributed by atoms with E-state index < -0.39 is 16.1 Å². The summed E-state index contributed by atoms with van der Waals surface area (Å²) in [6.45, 7) is 9.79. The van der Waals surface area contributed by atoms with Gasteiger partial charge in [-0.15, -0.1) is 0 Å². The summed E-state index contributed by atoms with van der Waals surface area (Å²) in [5.41, 5.74) is 3.36. The molecule has 0 radical (unpaired) electrons. The van der Waals surface area contributed by atoms with E-state index in [1.165, 1.54) is 0 Å². The lowest BCUT2D eigenvalue weighted by atomic mass is 9.94. The average Bonchev–Trinajstić information content (AvgIpc) is 3.25. The number of hydrogen-bond acceptors (Lipinski definition) is 7. The molecular weight excluding hydrogens is 556 g/mol. The standard InChI is InChI=1S/C31H42N4O6S/c1-9-12-28(36)35(7,29(20(2)3)31(37)32-6)18-23-15-16-25(24(17-23)19-40-8)26-13-10-11-14-27(26)42(38,39)34-30-21(4)22(5)41-33-30/h10-11,13-17,20,29H,9,12,18-19H2,1-8H3,(H-,32,33,34,37)/p+1/t29-,35?/m0/s1. The highest BCUT2D eigenvalue weighted by Crippen LogP contribution is 2.34. The van der Waals surface area contributed by atoms with E-state index in [9.17, 15) is 18.0 Å². The maximum Gasteiger partial charge on any atom is 0.314 e. The predicted molar refractivity (Wildman–Crippen MR) is 162 cm³/mol. The Hall–Kier alpha value is -3.54. The van der Waals surface area contributed by atoms with E-state index in [0.29, 0.717) is 41.8 Å². The van der Waals surface area contributed by atoms with Gasteiger partial charge in [0.05, 0.1) is 25.0 Å². The van der Waals surface area contributed by atoms with Crippen LogP contribution in [-0.4, -0.2) is 57.1 Å². The highest BCUT2D eigenvalue weighted by Gasteiger charge is 2.45. The van der Waals surface area contributed by atoms with Crippen LogP contribution in [0.15, 0.2) is 51.9 Å². The molecule has 2 atom stereocenters. The number of likely N-dealkylation sites (N-methyl/N-ethyl adjacent to an activating group) is 2. The zero-order valence-electron chi connectivity index (χ0n) is 25.8. The number of aryl methyl sites for hydroxylation is 1. The second-order valence-corrected chi connectivity index (χ2v) is 12.8. The largest absolute Gasteiger partial charge is 0.380 e. The van der Waals surface area contributed by atoms with Gasteiger partial charge in [0.2, 0.25) is 0 Å². The zero-order chi connectivity index (χ0) is 31.2. The normalized spacial score (nSPS) is 13.9. The molecule has 2 aromatic carbocycles. The van der Waals surface area contributed by atoms with Crippen LogP contribution in [0.3, 0.4) is 0 Å². The minimum Gasteiger partial charge on any atom is -0.380 e. The Bertz CT molecular complexity index is 1530. The van der Waals surface area contributed by atoms with E-state index in [2.05, 4.69) is 15.2 Å². The maximum absolute atomic E-state index is 13.5. The highest BCUT2D eigenvalue weighted by molar-refractivity contribution is 7.92. The number of methoxy groups -OCH3 is 1. The first-order valence-corrected chi connectivity index (χ1v) is 15.5. The topological polar surface area (TPSA) is 128 Å². The molecular formula is C31H43N4O6S+. The second-order valence-electron chi connectivity index (χ2n) is 11.1. The molecule has 0 spiro atoms. The maximum atomic E-state index is 13.5. The average molecular weight is 600 g/mol. The number of carbonyl (C=O) groups is 2. The number of quaternary nitrogens is 1. The Morgan fingerprint density at radius 3 is 2.36 bits per heavy atom. The summed E-state index contributed by atoms with van der Waals surface area (Å²) >= 11 is 0. The third kappa shape index (κ3) is 6.91. The van der Waals surface area contributed by atoms with Crippen molar-refractivity contribution in [2.45, 2.75) is 71.5 Å². The Labute approximate surface area is 249 Å². The molecule has 228 valence electrons. The summed E-state index contributed by atoms with van der Waals surface area (Å²) in [6.07, 6.45) is 1.02. The van der Waals surface area contributed by atoms with E-state index in [0.717, 1.165) is 11.1 Å². The second kappa shape index (κ2) is 13.6.